The molecular weight excluding hydrogens is 307 g/mol. The predicted octanol–water partition coefficient (Wildman–Crippen LogP) is 4.72. The van der Waals surface area contributed by atoms with Gasteiger partial charge in [-0.2, -0.15) is 0 Å². The molecule has 0 saturated carbocycles. The summed E-state index contributed by atoms with van der Waals surface area (Å²) >= 11 is 17.9. The summed E-state index contributed by atoms with van der Waals surface area (Å²) in [6.07, 6.45) is 0. The van der Waals surface area contributed by atoms with Crippen molar-refractivity contribution in [1.29, 1.82) is 5.41 Å². The van der Waals surface area contributed by atoms with Crippen LogP contribution in [0.25, 0.3) is 0 Å². The van der Waals surface area contributed by atoms with E-state index in [1.54, 1.807) is 36.4 Å². The molecule has 6 heteroatoms. The van der Waals surface area contributed by atoms with Crippen LogP contribution in [0, 0.1) is 5.41 Å². The molecule has 3 N–H and O–H groups in total. The highest BCUT2D eigenvalue weighted by atomic mass is 35.5. The highest BCUT2D eigenvalue weighted by Crippen LogP contribution is 2.36. The van der Waals surface area contributed by atoms with E-state index in [0.717, 1.165) is 0 Å². The molecule has 0 aliphatic heterocycles. The largest absolute Gasteiger partial charge is 0.455 e. The zero-order valence-electron chi connectivity index (χ0n) is 9.58. The molecule has 0 amide bonds. The number of amidine groups is 1. The molecule has 2 aromatic carbocycles. The number of ether oxygens (including phenoxy) is 1. The number of nitrogen functional groups attached to an aromatic ring is 1. The topological polar surface area (TPSA) is 59.1 Å². The summed E-state index contributed by atoms with van der Waals surface area (Å²) in [5.74, 6) is 0.605. The van der Waals surface area contributed by atoms with Crippen molar-refractivity contribution in [1.82, 2.24) is 0 Å². The van der Waals surface area contributed by atoms with Crippen LogP contribution >= 0.6 is 34.8 Å². The van der Waals surface area contributed by atoms with E-state index in [0.29, 0.717) is 32.1 Å². The minimum absolute atomic E-state index is 0.121. The minimum atomic E-state index is -0.121. The lowest BCUT2D eigenvalue weighted by molar-refractivity contribution is 0.482. The standard InChI is InChI=1S/C13H9Cl3N2O/c14-7-4-5-8(13(17)18)11(6-7)19-10-3-1-2-9(15)12(10)16/h1-6H,(H3,17,18). The Labute approximate surface area is 125 Å². The normalized spacial score (nSPS) is 10.3. The molecule has 0 spiro atoms. The first-order valence-electron chi connectivity index (χ1n) is 5.25. The van der Waals surface area contributed by atoms with Crippen molar-refractivity contribution in [3.63, 3.8) is 0 Å². The van der Waals surface area contributed by atoms with Gasteiger partial charge < -0.3 is 10.5 Å². The highest BCUT2D eigenvalue weighted by molar-refractivity contribution is 6.42. The van der Waals surface area contributed by atoms with Crippen molar-refractivity contribution in [2.75, 3.05) is 0 Å². The Morgan fingerprint density at radius 2 is 1.79 bits per heavy atom. The van der Waals surface area contributed by atoms with Gasteiger partial charge in [-0.05, 0) is 24.3 Å². The first-order chi connectivity index (χ1) is 8.99. The molecule has 0 atom stereocenters. The van der Waals surface area contributed by atoms with Crippen LogP contribution < -0.4 is 10.5 Å². The van der Waals surface area contributed by atoms with Crippen LogP contribution in [0.4, 0.5) is 0 Å². The van der Waals surface area contributed by atoms with Crippen LogP contribution in [0.15, 0.2) is 36.4 Å². The highest BCUT2D eigenvalue weighted by Gasteiger charge is 2.12. The van der Waals surface area contributed by atoms with Crippen molar-refractivity contribution in [3.8, 4) is 11.5 Å². The van der Waals surface area contributed by atoms with Gasteiger partial charge in [-0.1, -0.05) is 40.9 Å². The van der Waals surface area contributed by atoms with Crippen molar-refractivity contribution in [2.24, 2.45) is 5.73 Å². The molecule has 2 rings (SSSR count). The summed E-state index contributed by atoms with van der Waals surface area (Å²) in [4.78, 5) is 0. The van der Waals surface area contributed by atoms with E-state index in [1.807, 2.05) is 0 Å². The Kier molecular flexibility index (Phi) is 4.20. The molecule has 2 aromatic rings. The second kappa shape index (κ2) is 5.70. The number of nitrogens with one attached hydrogen (secondary N) is 1. The van der Waals surface area contributed by atoms with Gasteiger partial charge in [-0.15, -0.1) is 0 Å². The zero-order valence-corrected chi connectivity index (χ0v) is 11.9. The molecule has 0 saturated heterocycles. The van der Waals surface area contributed by atoms with Crippen LogP contribution in [-0.4, -0.2) is 5.84 Å². The van der Waals surface area contributed by atoms with Gasteiger partial charge in [-0.25, -0.2) is 0 Å². The molecule has 0 radical (unpaired) electrons. The van der Waals surface area contributed by atoms with Crippen molar-refractivity contribution in [3.05, 3.63) is 57.0 Å². The SMILES string of the molecule is N=C(N)c1ccc(Cl)cc1Oc1cccc(Cl)c1Cl. The molecule has 0 unspecified atom stereocenters. The third-order valence-corrected chi connectivity index (χ3v) is 3.41. The van der Waals surface area contributed by atoms with Crippen molar-refractivity contribution < 1.29 is 4.74 Å². The Morgan fingerprint density at radius 3 is 2.47 bits per heavy atom. The summed E-state index contributed by atoms with van der Waals surface area (Å²) in [7, 11) is 0. The second-order valence-electron chi connectivity index (χ2n) is 3.71. The molecule has 0 heterocycles. The van der Waals surface area contributed by atoms with E-state index in [4.69, 9.17) is 50.7 Å². The second-order valence-corrected chi connectivity index (χ2v) is 4.93. The van der Waals surface area contributed by atoms with Gasteiger partial charge in [-0.3, -0.25) is 5.41 Å². The van der Waals surface area contributed by atoms with Gasteiger partial charge in [0.25, 0.3) is 0 Å². The molecule has 3 nitrogen and oxygen atoms in total. The number of hydrogen-bond donors (Lipinski definition) is 2. The summed E-state index contributed by atoms with van der Waals surface area (Å²) in [5.41, 5.74) is 5.92. The average molecular weight is 316 g/mol. The monoisotopic (exact) mass is 314 g/mol. The maximum absolute atomic E-state index is 7.50. The average Bonchev–Trinajstić information content (AvgIpc) is 2.35. The lowest BCUT2D eigenvalue weighted by atomic mass is 10.2. The summed E-state index contributed by atoms with van der Waals surface area (Å²) in [5, 5.41) is 8.65. The summed E-state index contributed by atoms with van der Waals surface area (Å²) in [6.45, 7) is 0. The number of hydrogen-bond acceptors (Lipinski definition) is 2. The van der Waals surface area contributed by atoms with E-state index >= 15 is 0 Å². The van der Waals surface area contributed by atoms with Gasteiger partial charge >= 0.3 is 0 Å². The Hall–Kier alpha value is -1.42. The number of nitrogens with two attached hydrogens (primary N) is 1. The first kappa shape index (κ1) is 14.0. The predicted molar refractivity (Wildman–Crippen MR) is 79.0 cm³/mol. The summed E-state index contributed by atoms with van der Waals surface area (Å²) in [6, 6.07) is 9.83. The molecule has 19 heavy (non-hydrogen) atoms. The quantitative estimate of drug-likeness (QED) is 0.636. The van der Waals surface area contributed by atoms with Gasteiger partial charge in [0, 0.05) is 11.1 Å². The van der Waals surface area contributed by atoms with Crippen LogP contribution in [0.1, 0.15) is 5.56 Å². The number of benzene rings is 2. The van der Waals surface area contributed by atoms with Gasteiger partial charge in [0.1, 0.15) is 22.4 Å². The fourth-order valence-corrected chi connectivity index (χ4v) is 1.98. The molecule has 0 fully saturated rings. The van der Waals surface area contributed by atoms with E-state index in [1.165, 1.54) is 0 Å². The molecule has 0 bridgehead atoms. The Balaban J connectivity index is 2.45. The Bertz CT molecular complexity index is 644. The van der Waals surface area contributed by atoms with E-state index in [2.05, 4.69) is 0 Å². The van der Waals surface area contributed by atoms with Crippen LogP contribution in [0.3, 0.4) is 0 Å². The molecule has 0 aromatic heterocycles. The fraction of sp³-hybridized carbons (Fsp3) is 0. The zero-order chi connectivity index (χ0) is 14.0. The third kappa shape index (κ3) is 3.13. The van der Waals surface area contributed by atoms with E-state index in [-0.39, 0.29) is 5.84 Å². The molecular formula is C13H9Cl3N2O. The van der Waals surface area contributed by atoms with Gasteiger partial charge in [0.05, 0.1) is 10.6 Å². The first-order valence-corrected chi connectivity index (χ1v) is 6.38. The van der Waals surface area contributed by atoms with Gasteiger partial charge in [0.15, 0.2) is 0 Å². The third-order valence-electron chi connectivity index (χ3n) is 2.37. The van der Waals surface area contributed by atoms with Crippen molar-refractivity contribution >= 4 is 40.6 Å². The lowest BCUT2D eigenvalue weighted by Crippen LogP contribution is -2.12. The van der Waals surface area contributed by atoms with E-state index in [9.17, 15) is 0 Å². The Morgan fingerprint density at radius 1 is 1.05 bits per heavy atom. The summed E-state index contributed by atoms with van der Waals surface area (Å²) < 4.78 is 5.64. The minimum Gasteiger partial charge on any atom is -0.455 e. The van der Waals surface area contributed by atoms with Crippen LogP contribution in [0.5, 0.6) is 11.5 Å². The molecule has 0 aliphatic rings. The number of rotatable bonds is 3. The molecule has 98 valence electrons. The maximum Gasteiger partial charge on any atom is 0.147 e. The van der Waals surface area contributed by atoms with Crippen LogP contribution in [-0.2, 0) is 0 Å². The smallest absolute Gasteiger partial charge is 0.147 e. The van der Waals surface area contributed by atoms with Crippen molar-refractivity contribution in [2.45, 2.75) is 0 Å². The fourth-order valence-electron chi connectivity index (χ4n) is 1.48. The van der Waals surface area contributed by atoms with Crippen LogP contribution in [0.2, 0.25) is 15.1 Å². The molecule has 0 aliphatic carbocycles. The lowest BCUT2D eigenvalue weighted by Gasteiger charge is -2.12. The van der Waals surface area contributed by atoms with Gasteiger partial charge in [0.2, 0.25) is 0 Å². The number of halogens is 3. The maximum atomic E-state index is 7.50. The van der Waals surface area contributed by atoms with E-state index < -0.39 is 0 Å².